The Morgan fingerprint density at radius 1 is 0.581 bits per heavy atom. The fourth-order valence-electron chi connectivity index (χ4n) is 16.7. The van der Waals surface area contributed by atoms with Gasteiger partial charge in [-0.3, -0.25) is 4.79 Å². The lowest BCUT2D eigenvalue weighted by Crippen LogP contribution is -2.75. The van der Waals surface area contributed by atoms with Gasteiger partial charge in [0.1, 0.15) is 53.6 Å². The molecule has 8 fully saturated rings. The zero-order valence-corrected chi connectivity index (χ0v) is 52.7. The summed E-state index contributed by atoms with van der Waals surface area (Å²) >= 11 is 0. The number of aliphatic hydroxyl groups is 3. The van der Waals surface area contributed by atoms with Gasteiger partial charge in [-0.15, -0.1) is 0 Å². The minimum atomic E-state index is -1.69. The van der Waals surface area contributed by atoms with Crippen molar-refractivity contribution in [3.05, 3.63) is 53.6 Å². The first kappa shape index (κ1) is 66.1. The number of ether oxygens (including phenoxy) is 16. The van der Waals surface area contributed by atoms with Crippen LogP contribution < -0.4 is 0 Å². The molecule has 0 bridgehead atoms. The van der Waals surface area contributed by atoms with Crippen LogP contribution in [0.3, 0.4) is 0 Å². The third-order valence-electron chi connectivity index (χ3n) is 21.6. The molecule has 10 rings (SSSR count). The van der Waals surface area contributed by atoms with Gasteiger partial charge in [-0.1, -0.05) is 55.8 Å². The maximum Gasteiger partial charge on any atom is 0.331 e. The van der Waals surface area contributed by atoms with Crippen molar-refractivity contribution < 1.29 is 101 Å². The van der Waals surface area contributed by atoms with Gasteiger partial charge in [0, 0.05) is 91.0 Å². The first-order valence-corrected chi connectivity index (χ1v) is 31.5. The van der Waals surface area contributed by atoms with Crippen LogP contribution in [0.25, 0.3) is 6.08 Å². The normalized spacial score (nSPS) is 48.0. The lowest BCUT2D eigenvalue weighted by atomic mass is 9.43. The summed E-state index contributed by atoms with van der Waals surface area (Å²) in [4.78, 5) is 27.0. The van der Waals surface area contributed by atoms with E-state index in [9.17, 15) is 24.9 Å². The lowest BCUT2D eigenvalue weighted by molar-refractivity contribution is -0.352. The second-order valence-electron chi connectivity index (χ2n) is 26.4. The summed E-state index contributed by atoms with van der Waals surface area (Å²) < 4.78 is 101. The van der Waals surface area contributed by atoms with Gasteiger partial charge in [-0.2, -0.15) is 0 Å². The van der Waals surface area contributed by atoms with Crippen LogP contribution >= 0.6 is 0 Å². The van der Waals surface area contributed by atoms with Crippen molar-refractivity contribution in [2.45, 2.75) is 279 Å². The van der Waals surface area contributed by atoms with Gasteiger partial charge in [0.15, 0.2) is 31.5 Å². The molecule has 28 atom stereocenters. The number of esters is 1. The SMILES string of the molecule is COC1CC(OC2C(C)OC(OC3C(C)OC(OC4C(C)OC(OC5C(C)OC(OC6CCC7(C)C(=CCC8(O)C7CC(OC(=O)C=Cc7ccccc7)C7(C)C(C(C)=O)CCC87O)C6)CC5OC)CC4OC)CC3OC)CC2OC)OC(C)C1O. The Morgan fingerprint density at radius 3 is 1.48 bits per heavy atom. The van der Waals surface area contributed by atoms with Gasteiger partial charge in [-0.05, 0) is 104 Å². The summed E-state index contributed by atoms with van der Waals surface area (Å²) in [5, 5.41) is 36.5. The number of hydrogen-bond acceptors (Lipinski definition) is 21. The molecule has 0 aromatic heterocycles. The first-order chi connectivity index (χ1) is 41.0. The second-order valence-corrected chi connectivity index (χ2v) is 26.4. The summed E-state index contributed by atoms with van der Waals surface area (Å²) in [5.74, 6) is -1.71. The molecular weight excluding hydrogens is 1120 g/mol. The van der Waals surface area contributed by atoms with Crippen LogP contribution in [-0.4, -0.2) is 209 Å². The lowest BCUT2D eigenvalue weighted by Gasteiger charge is -2.66. The predicted octanol–water partition coefficient (Wildman–Crippen LogP) is 6.66. The third kappa shape index (κ3) is 12.7. The van der Waals surface area contributed by atoms with Crippen LogP contribution in [0.4, 0.5) is 0 Å². The van der Waals surface area contributed by atoms with E-state index in [2.05, 4.69) is 13.0 Å². The largest absolute Gasteiger partial charge is 0.458 e. The fourth-order valence-corrected chi connectivity index (χ4v) is 16.7. The topological polar surface area (TPSA) is 243 Å². The minimum absolute atomic E-state index is 0.0899. The van der Waals surface area contributed by atoms with E-state index in [1.807, 2.05) is 65.0 Å². The highest BCUT2D eigenvalue weighted by Gasteiger charge is 2.77. The highest BCUT2D eigenvalue weighted by Crippen LogP contribution is 2.70. The Bertz CT molecular complexity index is 2500. The Balaban J connectivity index is 0.718. The molecule has 484 valence electrons. The molecule has 0 spiro atoms. The molecule has 9 aliphatic rings. The van der Waals surface area contributed by atoms with Crippen molar-refractivity contribution in [1.82, 2.24) is 0 Å². The number of ketones is 1. The average molecular weight is 1220 g/mol. The summed E-state index contributed by atoms with van der Waals surface area (Å²) in [5.41, 5.74) is -3.04. The van der Waals surface area contributed by atoms with Gasteiger partial charge in [0.05, 0.1) is 67.1 Å². The Labute approximate surface area is 507 Å². The molecule has 3 N–H and O–H groups in total. The fraction of sp³-hybridized carbons (Fsp3) is 0.815. The van der Waals surface area contributed by atoms with E-state index in [-0.39, 0.29) is 30.8 Å². The van der Waals surface area contributed by atoms with Crippen LogP contribution in [0.1, 0.15) is 138 Å². The molecule has 3 saturated carbocycles. The smallest absolute Gasteiger partial charge is 0.331 e. The molecule has 5 heterocycles. The molecule has 21 nitrogen and oxygen atoms in total. The van der Waals surface area contributed by atoms with Crippen molar-refractivity contribution in [2.24, 2.45) is 22.7 Å². The van der Waals surface area contributed by atoms with Crippen LogP contribution in [0.2, 0.25) is 0 Å². The number of Topliss-reactive ketones (excluding diaryl/α,β-unsaturated/α-hetero) is 1. The molecule has 0 radical (unpaired) electrons. The van der Waals surface area contributed by atoms with E-state index in [4.69, 9.17) is 75.8 Å². The zero-order valence-electron chi connectivity index (χ0n) is 52.7. The molecule has 1 aromatic rings. The first-order valence-electron chi connectivity index (χ1n) is 31.5. The number of benzene rings is 1. The van der Waals surface area contributed by atoms with Crippen LogP contribution in [-0.2, 0) is 85.4 Å². The van der Waals surface area contributed by atoms with E-state index >= 15 is 0 Å². The molecule has 1 aromatic carbocycles. The maximum absolute atomic E-state index is 13.6. The molecule has 4 aliphatic carbocycles. The van der Waals surface area contributed by atoms with Crippen LogP contribution in [0.5, 0.6) is 0 Å². The molecule has 0 amide bonds. The highest BCUT2D eigenvalue weighted by molar-refractivity contribution is 5.87. The van der Waals surface area contributed by atoms with E-state index in [0.717, 1.165) is 11.1 Å². The van der Waals surface area contributed by atoms with Gasteiger partial charge >= 0.3 is 5.97 Å². The highest BCUT2D eigenvalue weighted by atomic mass is 16.8. The van der Waals surface area contributed by atoms with Crippen molar-refractivity contribution in [3.63, 3.8) is 0 Å². The zero-order chi connectivity index (χ0) is 61.6. The molecule has 86 heavy (non-hydrogen) atoms. The quantitative estimate of drug-likeness (QED) is 0.0745. The average Bonchev–Trinajstić information content (AvgIpc) is 1.30. The molecule has 5 aliphatic heterocycles. The van der Waals surface area contributed by atoms with E-state index in [1.54, 1.807) is 48.5 Å². The molecule has 5 saturated heterocycles. The standard InChI is InChI=1S/C65H98O21/c1-34(66)43-23-26-65(70)63(43,8)50(82-51(67)20-19-40-17-15-14-16-18-40)33-49-62(7)24-22-42(27-41(62)21-25-64(49,65)69)81-52-29-45(72-10)58(36(3)77-52)84-54-31-47(74-12)60(38(5)79-54)86-56-32-48(75-13)61(39(6)80-56)85-55-30-46(73-11)59(37(4)78-55)83-53-28-44(71-9)57(68)35(2)76-53/h14-21,35-39,42-50,52-61,68-70H,22-33H2,1-13H3. The third-order valence-corrected chi connectivity index (χ3v) is 21.6. The summed E-state index contributed by atoms with van der Waals surface area (Å²) in [7, 11) is 8.16. The van der Waals surface area contributed by atoms with Crippen LogP contribution in [0.15, 0.2) is 48.1 Å². The Kier molecular flexibility index (Phi) is 20.8. The molecule has 28 unspecified atom stereocenters. The van der Waals surface area contributed by atoms with E-state index in [1.165, 1.54) is 13.0 Å². The minimum Gasteiger partial charge on any atom is -0.458 e. The van der Waals surface area contributed by atoms with Crippen molar-refractivity contribution >= 4 is 17.8 Å². The summed E-state index contributed by atoms with van der Waals surface area (Å²) in [6.07, 6.45) is -1.07. The summed E-state index contributed by atoms with van der Waals surface area (Å²) in [6.45, 7) is 15.0. The van der Waals surface area contributed by atoms with Crippen LogP contribution in [0, 0.1) is 22.7 Å². The number of rotatable bonds is 19. The number of hydrogen-bond donors (Lipinski definition) is 3. The Hall–Kier alpha value is -2.88. The second kappa shape index (κ2) is 27.1. The molecular formula is C65H98O21. The predicted molar refractivity (Wildman–Crippen MR) is 309 cm³/mol. The Morgan fingerprint density at radius 2 is 1.02 bits per heavy atom. The van der Waals surface area contributed by atoms with Crippen molar-refractivity contribution in [2.75, 3.05) is 35.5 Å². The van der Waals surface area contributed by atoms with E-state index in [0.29, 0.717) is 64.2 Å². The number of methoxy groups -OCH3 is 5. The number of carbonyl (C=O) groups is 2. The number of fused-ring (bicyclic) bond motifs is 5. The van der Waals surface area contributed by atoms with Crippen molar-refractivity contribution in [3.8, 4) is 0 Å². The van der Waals surface area contributed by atoms with Gasteiger partial charge in [0.25, 0.3) is 0 Å². The van der Waals surface area contributed by atoms with Gasteiger partial charge < -0.3 is 91.1 Å². The summed E-state index contributed by atoms with van der Waals surface area (Å²) in [6, 6.07) is 9.47. The number of aliphatic hydroxyl groups excluding tert-OH is 1. The number of carbonyl (C=O) groups excluding carboxylic acids is 2. The molecule has 21 heteroatoms. The monoisotopic (exact) mass is 1210 g/mol. The van der Waals surface area contributed by atoms with Gasteiger partial charge in [0.2, 0.25) is 0 Å². The maximum atomic E-state index is 13.6. The van der Waals surface area contributed by atoms with Crippen molar-refractivity contribution in [1.29, 1.82) is 0 Å². The van der Waals surface area contributed by atoms with Gasteiger partial charge in [-0.25, -0.2) is 4.79 Å². The van der Waals surface area contributed by atoms with E-state index < -0.39 is 163 Å².